The van der Waals surface area contributed by atoms with Crippen LogP contribution in [-0.2, 0) is 11.3 Å². The lowest BCUT2D eigenvalue weighted by Gasteiger charge is -2.14. The third-order valence-corrected chi connectivity index (χ3v) is 3.38. The van der Waals surface area contributed by atoms with Crippen molar-refractivity contribution in [2.75, 3.05) is 39.2 Å². The average molecular weight is 436 g/mol. The molecule has 0 saturated heterocycles. The third-order valence-electron chi connectivity index (χ3n) is 2.77. The van der Waals surface area contributed by atoms with Gasteiger partial charge in [-0.25, -0.2) is 4.99 Å². The molecule has 1 aromatic carbocycles. The predicted octanol–water partition coefficient (Wildman–Crippen LogP) is 1.79. The van der Waals surface area contributed by atoms with Crippen LogP contribution in [0.3, 0.4) is 0 Å². The van der Waals surface area contributed by atoms with Crippen LogP contribution in [0.5, 0.6) is 0 Å². The molecule has 0 aliphatic rings. The quantitative estimate of drug-likeness (QED) is 0.296. The highest BCUT2D eigenvalue weighted by Gasteiger charge is 2.05. The Hall–Kier alpha value is -0.960. The van der Waals surface area contributed by atoms with E-state index in [1.54, 1.807) is 30.8 Å². The van der Waals surface area contributed by atoms with Gasteiger partial charge in [0, 0.05) is 26.4 Å². The van der Waals surface area contributed by atoms with Crippen LogP contribution in [0.4, 0.5) is 0 Å². The fraction of sp³-hybridized carbons (Fsp3) is 0.467. The smallest absolute Gasteiger partial charge is 0.241 e. The summed E-state index contributed by atoms with van der Waals surface area (Å²) in [6.45, 7) is 1.65. The van der Waals surface area contributed by atoms with Gasteiger partial charge < -0.3 is 15.5 Å². The van der Waals surface area contributed by atoms with E-state index in [4.69, 9.17) is 0 Å². The second kappa shape index (κ2) is 12.6. The monoisotopic (exact) mass is 436 g/mol. The van der Waals surface area contributed by atoms with E-state index < -0.39 is 0 Å². The van der Waals surface area contributed by atoms with Crippen molar-refractivity contribution in [2.45, 2.75) is 6.54 Å². The minimum Gasteiger partial charge on any atom is -0.356 e. The molecule has 0 aromatic heterocycles. The number of rotatable bonds is 7. The lowest BCUT2D eigenvalue weighted by molar-refractivity contribution is -0.127. The third kappa shape index (κ3) is 9.14. The van der Waals surface area contributed by atoms with E-state index in [1.807, 2.05) is 30.3 Å². The van der Waals surface area contributed by atoms with Gasteiger partial charge in [0.15, 0.2) is 5.96 Å². The average Bonchev–Trinajstić information content (AvgIpc) is 2.50. The molecule has 0 radical (unpaired) electrons. The Bertz CT molecular complexity index is 454. The molecule has 22 heavy (non-hydrogen) atoms. The molecule has 0 bridgehead atoms. The molecule has 0 saturated carbocycles. The van der Waals surface area contributed by atoms with Gasteiger partial charge in [-0.05, 0) is 11.8 Å². The van der Waals surface area contributed by atoms with Crippen LogP contribution < -0.4 is 10.6 Å². The summed E-state index contributed by atoms with van der Waals surface area (Å²) in [6, 6.07) is 10.0. The van der Waals surface area contributed by atoms with Crippen molar-refractivity contribution >= 4 is 47.6 Å². The van der Waals surface area contributed by atoms with E-state index in [2.05, 4.69) is 21.9 Å². The highest BCUT2D eigenvalue weighted by Crippen LogP contribution is 1.99. The van der Waals surface area contributed by atoms with Gasteiger partial charge in [0.25, 0.3) is 0 Å². The number of hydrogen-bond acceptors (Lipinski definition) is 3. The summed E-state index contributed by atoms with van der Waals surface area (Å²) < 4.78 is 0. The van der Waals surface area contributed by atoms with Gasteiger partial charge in [0.2, 0.25) is 5.91 Å². The number of amides is 1. The number of thioether (sulfide) groups is 1. The summed E-state index contributed by atoms with van der Waals surface area (Å²) in [5.41, 5.74) is 1.14. The van der Waals surface area contributed by atoms with E-state index in [0.717, 1.165) is 17.9 Å². The van der Waals surface area contributed by atoms with Gasteiger partial charge >= 0.3 is 0 Å². The van der Waals surface area contributed by atoms with E-state index >= 15 is 0 Å². The lowest BCUT2D eigenvalue weighted by Crippen LogP contribution is -2.43. The highest BCUT2D eigenvalue weighted by atomic mass is 127. The van der Waals surface area contributed by atoms with E-state index in [9.17, 15) is 4.79 Å². The van der Waals surface area contributed by atoms with Gasteiger partial charge in [-0.15, -0.1) is 24.0 Å². The Labute approximate surface area is 154 Å². The number of carbonyl (C=O) groups is 1. The normalized spacial score (nSPS) is 10.6. The fourth-order valence-corrected chi connectivity index (χ4v) is 1.82. The van der Waals surface area contributed by atoms with Crippen molar-refractivity contribution in [1.29, 1.82) is 0 Å². The van der Waals surface area contributed by atoms with Crippen LogP contribution in [-0.4, -0.2) is 56.0 Å². The molecule has 1 aromatic rings. The molecule has 0 aliphatic carbocycles. The van der Waals surface area contributed by atoms with Gasteiger partial charge in [0.1, 0.15) is 0 Å². The summed E-state index contributed by atoms with van der Waals surface area (Å²) in [7, 11) is 3.48. The molecule has 0 fully saturated rings. The van der Waals surface area contributed by atoms with Crippen molar-refractivity contribution < 1.29 is 4.79 Å². The topological polar surface area (TPSA) is 56.7 Å². The molecule has 0 spiro atoms. The van der Waals surface area contributed by atoms with Crippen molar-refractivity contribution in [3.05, 3.63) is 35.9 Å². The molecule has 0 atom stereocenters. The first-order valence-electron chi connectivity index (χ1n) is 6.88. The maximum Gasteiger partial charge on any atom is 0.241 e. The number of benzene rings is 1. The Morgan fingerprint density at radius 1 is 1.23 bits per heavy atom. The molecule has 124 valence electrons. The molecule has 2 N–H and O–H groups in total. The summed E-state index contributed by atoms with van der Waals surface area (Å²) >= 11 is 1.77. The van der Waals surface area contributed by atoms with Crippen molar-refractivity contribution in [1.82, 2.24) is 15.5 Å². The Balaban J connectivity index is 0.00000441. The summed E-state index contributed by atoms with van der Waals surface area (Å²) in [5, 5.41) is 6.30. The number of nitrogens with zero attached hydrogens (tertiary/aromatic N) is 2. The van der Waals surface area contributed by atoms with Gasteiger partial charge in [0.05, 0.1) is 13.1 Å². The number of likely N-dealkylation sites (N-methyl/N-ethyl adjacent to an activating group) is 1. The minimum atomic E-state index is 0. The zero-order chi connectivity index (χ0) is 15.5. The number of carbonyl (C=O) groups excluding carboxylic acids is 1. The summed E-state index contributed by atoms with van der Waals surface area (Å²) in [6.07, 6.45) is 2.06. The summed E-state index contributed by atoms with van der Waals surface area (Å²) in [4.78, 5) is 17.7. The minimum absolute atomic E-state index is 0. The number of aliphatic imine (C=N–C) groups is 1. The Kier molecular flexibility index (Phi) is 12.0. The van der Waals surface area contributed by atoms with Crippen molar-refractivity contribution in [2.24, 2.45) is 4.99 Å². The summed E-state index contributed by atoms with van der Waals surface area (Å²) in [5.74, 6) is 1.69. The lowest BCUT2D eigenvalue weighted by atomic mass is 10.2. The first kappa shape index (κ1) is 21.0. The van der Waals surface area contributed by atoms with Crippen LogP contribution in [0, 0.1) is 0 Å². The van der Waals surface area contributed by atoms with Crippen LogP contribution in [0.25, 0.3) is 0 Å². The second-order valence-electron chi connectivity index (χ2n) is 4.71. The maximum atomic E-state index is 11.6. The van der Waals surface area contributed by atoms with E-state index in [1.165, 1.54) is 0 Å². The molecule has 1 rings (SSSR count). The Morgan fingerprint density at radius 3 is 2.50 bits per heavy atom. The van der Waals surface area contributed by atoms with E-state index in [-0.39, 0.29) is 36.4 Å². The van der Waals surface area contributed by atoms with Crippen LogP contribution in [0.15, 0.2) is 35.3 Å². The largest absolute Gasteiger partial charge is 0.356 e. The van der Waals surface area contributed by atoms with Crippen LogP contribution >= 0.6 is 35.7 Å². The Morgan fingerprint density at radius 2 is 1.91 bits per heavy atom. The van der Waals surface area contributed by atoms with Crippen LogP contribution in [0.1, 0.15) is 5.56 Å². The molecule has 0 heterocycles. The zero-order valence-corrected chi connectivity index (χ0v) is 16.5. The molecular formula is C15H25IN4OS. The SMILES string of the molecule is CSCCNC(=NCc1ccccc1)NCC(=O)N(C)C.I. The van der Waals surface area contributed by atoms with Crippen molar-refractivity contribution in [3.8, 4) is 0 Å². The number of nitrogens with one attached hydrogen (secondary N) is 2. The number of halogens is 1. The first-order valence-corrected chi connectivity index (χ1v) is 8.28. The van der Waals surface area contributed by atoms with Gasteiger partial charge in [-0.2, -0.15) is 11.8 Å². The standard InChI is InChI=1S/C15H24N4OS.HI/c1-19(2)14(20)12-18-15(16-9-10-21-3)17-11-13-7-5-4-6-8-13;/h4-8H,9-12H2,1-3H3,(H2,16,17,18);1H. The first-order chi connectivity index (χ1) is 10.1. The number of hydrogen-bond donors (Lipinski definition) is 2. The van der Waals surface area contributed by atoms with Crippen molar-refractivity contribution in [3.63, 3.8) is 0 Å². The number of guanidine groups is 1. The van der Waals surface area contributed by atoms with Crippen LogP contribution in [0.2, 0.25) is 0 Å². The molecule has 1 amide bonds. The van der Waals surface area contributed by atoms with Gasteiger partial charge in [-0.3, -0.25) is 4.79 Å². The molecule has 5 nitrogen and oxygen atoms in total. The zero-order valence-electron chi connectivity index (χ0n) is 13.3. The second-order valence-corrected chi connectivity index (χ2v) is 5.70. The molecule has 0 unspecified atom stereocenters. The predicted molar refractivity (Wildman–Crippen MR) is 106 cm³/mol. The van der Waals surface area contributed by atoms with Gasteiger partial charge in [-0.1, -0.05) is 30.3 Å². The van der Waals surface area contributed by atoms with E-state index in [0.29, 0.717) is 12.5 Å². The molecule has 7 heteroatoms. The maximum absolute atomic E-state index is 11.6. The molecular weight excluding hydrogens is 411 g/mol. The molecule has 0 aliphatic heterocycles. The fourth-order valence-electron chi connectivity index (χ4n) is 1.52. The highest BCUT2D eigenvalue weighted by molar-refractivity contribution is 14.0.